The van der Waals surface area contributed by atoms with Gasteiger partial charge in [-0.3, -0.25) is 4.48 Å². The van der Waals surface area contributed by atoms with E-state index in [0.717, 1.165) is 19.3 Å². The molecule has 0 aliphatic rings. The highest BCUT2D eigenvalue weighted by Crippen LogP contribution is 2.34. The molecular weight excluding hydrogens is 566 g/mol. The zero-order valence-corrected chi connectivity index (χ0v) is 29.7. The number of quaternary nitrogens is 1. The number of carboxylic acid groups (broad SMARTS) is 3. The fourth-order valence-electron chi connectivity index (χ4n) is 7.15. The number of carboxylic acids is 3. The Morgan fingerprint density at radius 1 is 0.511 bits per heavy atom. The number of unbranched alkanes of at least 4 members (excludes halogenated alkanes) is 17. The Balaban J connectivity index is 4.65. The third kappa shape index (κ3) is 18.1. The van der Waals surface area contributed by atoms with Gasteiger partial charge in [-0.05, 0) is 51.4 Å². The Bertz CT molecular complexity index is 722. The minimum atomic E-state index is -1.33. The fourth-order valence-corrected chi connectivity index (χ4v) is 7.15. The van der Waals surface area contributed by atoms with E-state index in [9.17, 15) is 29.7 Å². The second kappa shape index (κ2) is 28.3. The maximum absolute atomic E-state index is 12.6. The Kier molecular flexibility index (Phi) is 27.2. The summed E-state index contributed by atoms with van der Waals surface area (Å²) in [6.07, 6.45) is 30.0. The highest BCUT2D eigenvalue weighted by molar-refractivity contribution is 5.77. The molecule has 0 aromatic carbocycles. The van der Waals surface area contributed by atoms with Crippen LogP contribution in [0.4, 0.5) is 0 Å². The summed E-state index contributed by atoms with van der Waals surface area (Å²) >= 11 is 0. The Morgan fingerprint density at radius 3 is 1.18 bits per heavy atom. The molecule has 0 amide bonds. The molecule has 0 aliphatic carbocycles. The van der Waals surface area contributed by atoms with Crippen molar-refractivity contribution in [1.29, 1.82) is 0 Å². The van der Waals surface area contributed by atoms with Gasteiger partial charge in [0, 0.05) is 19.3 Å². The molecule has 45 heavy (non-hydrogen) atoms. The molecule has 3 atom stereocenters. The molecule has 0 rings (SSSR count). The monoisotopic (exact) mass is 638 g/mol. The first-order valence-electron chi connectivity index (χ1n) is 18.9. The first-order valence-corrected chi connectivity index (χ1v) is 18.9. The maximum atomic E-state index is 12.6. The lowest BCUT2D eigenvalue weighted by molar-refractivity contribution is -0.975. The molecule has 2 N–H and O–H groups in total. The molecule has 0 saturated heterocycles. The van der Waals surface area contributed by atoms with Crippen molar-refractivity contribution in [1.82, 2.24) is 0 Å². The van der Waals surface area contributed by atoms with Crippen LogP contribution in [0, 0.1) is 0 Å². The molecule has 0 radical (unpaired) electrons. The second-order valence-electron chi connectivity index (χ2n) is 13.3. The number of carbonyl (C=O) groups is 3. The molecule has 0 aliphatic heterocycles. The summed E-state index contributed by atoms with van der Waals surface area (Å²) in [7, 11) is 0. The summed E-state index contributed by atoms with van der Waals surface area (Å²) < 4.78 is -0.432. The highest BCUT2D eigenvalue weighted by atomic mass is 16.4. The van der Waals surface area contributed by atoms with Gasteiger partial charge in [0.1, 0.15) is 6.04 Å². The van der Waals surface area contributed by atoms with Crippen LogP contribution in [-0.4, -0.2) is 57.3 Å². The number of rotatable bonds is 33. The van der Waals surface area contributed by atoms with Gasteiger partial charge in [-0.2, -0.15) is 0 Å². The Morgan fingerprint density at radius 2 is 0.844 bits per heavy atom. The van der Waals surface area contributed by atoms with Crippen LogP contribution in [0.25, 0.3) is 0 Å². The smallest absolute Gasteiger partial charge is 0.362 e. The van der Waals surface area contributed by atoms with E-state index < -0.39 is 40.5 Å². The van der Waals surface area contributed by atoms with E-state index in [1.165, 1.54) is 96.3 Å². The van der Waals surface area contributed by atoms with E-state index >= 15 is 0 Å². The quantitative estimate of drug-likeness (QED) is 0.0421. The number of aliphatic carboxylic acids is 3. The standard InChI is InChI=1S/C38H71NO6/c1-5-9-10-11-12-13-14-15-16-17-18-19-20-21-22-23-24-25-26-27-28-32-39(33(29-6-2)36(40)41,34(30-7-3)37(42)43)35(31-8-4)38(44)45/h13-14,33-35H,5-12,15-32H2,1-4H3,(H2-,40,41,42,43,44,45)/b14-13+. The van der Waals surface area contributed by atoms with Crippen molar-refractivity contribution in [3.8, 4) is 0 Å². The van der Waals surface area contributed by atoms with Crippen molar-refractivity contribution in [2.45, 2.75) is 206 Å². The molecule has 0 bridgehead atoms. The van der Waals surface area contributed by atoms with E-state index in [0.29, 0.717) is 25.7 Å². The van der Waals surface area contributed by atoms with E-state index in [-0.39, 0.29) is 25.8 Å². The van der Waals surface area contributed by atoms with Crippen molar-refractivity contribution in [3.05, 3.63) is 12.2 Å². The van der Waals surface area contributed by atoms with Gasteiger partial charge in [-0.15, -0.1) is 0 Å². The minimum Gasteiger partial charge on any atom is -0.544 e. The van der Waals surface area contributed by atoms with E-state index in [4.69, 9.17) is 0 Å². The molecule has 7 heteroatoms. The number of allylic oxidation sites excluding steroid dienone is 2. The minimum absolute atomic E-state index is 0.208. The lowest BCUT2D eigenvalue weighted by Gasteiger charge is -2.52. The van der Waals surface area contributed by atoms with Crippen LogP contribution in [0.2, 0.25) is 0 Å². The first kappa shape index (κ1) is 43.1. The Labute approximate surface area is 276 Å². The average Bonchev–Trinajstić information content (AvgIpc) is 3.00. The van der Waals surface area contributed by atoms with Gasteiger partial charge in [0.15, 0.2) is 12.1 Å². The number of nitrogens with zero attached hydrogens (tertiary/aromatic N) is 1. The van der Waals surface area contributed by atoms with Crippen LogP contribution in [0.3, 0.4) is 0 Å². The predicted molar refractivity (Wildman–Crippen MR) is 184 cm³/mol. The highest BCUT2D eigenvalue weighted by Gasteiger charge is 2.54. The maximum Gasteiger partial charge on any atom is 0.362 e. The van der Waals surface area contributed by atoms with Crippen LogP contribution < -0.4 is 5.11 Å². The van der Waals surface area contributed by atoms with E-state index in [2.05, 4.69) is 19.1 Å². The molecule has 0 spiro atoms. The summed E-state index contributed by atoms with van der Waals surface area (Å²) in [5, 5.41) is 33.1. The number of carbonyl (C=O) groups excluding carboxylic acids is 1. The summed E-state index contributed by atoms with van der Waals surface area (Å²) in [5.74, 6) is -3.55. The normalized spacial score (nSPS) is 15.1. The molecule has 7 nitrogen and oxygen atoms in total. The molecule has 0 saturated carbocycles. The van der Waals surface area contributed by atoms with Crippen LogP contribution in [0.15, 0.2) is 12.2 Å². The van der Waals surface area contributed by atoms with Crippen molar-refractivity contribution in [2.75, 3.05) is 6.54 Å². The SMILES string of the molecule is CCCCCC/C=C/CCCCCCCCCCCCCCC[N+](C(CCC)C(=O)[O-])(C(CCC)C(=O)O)C(CCC)C(=O)O. The van der Waals surface area contributed by atoms with Crippen LogP contribution >= 0.6 is 0 Å². The van der Waals surface area contributed by atoms with Crippen molar-refractivity contribution >= 4 is 17.9 Å². The van der Waals surface area contributed by atoms with E-state index in [1.807, 2.05) is 20.8 Å². The number of hydrogen-bond donors (Lipinski definition) is 2. The van der Waals surface area contributed by atoms with E-state index in [1.54, 1.807) is 0 Å². The predicted octanol–water partition coefficient (Wildman–Crippen LogP) is 9.22. The van der Waals surface area contributed by atoms with Crippen molar-refractivity contribution < 1.29 is 34.2 Å². The lowest BCUT2D eigenvalue weighted by atomic mass is 9.91. The molecular formula is C38H71NO6. The van der Waals surface area contributed by atoms with Gasteiger partial charge < -0.3 is 20.1 Å². The zero-order chi connectivity index (χ0) is 33.8. The van der Waals surface area contributed by atoms with Gasteiger partial charge in [-0.1, -0.05) is 130 Å². The summed E-state index contributed by atoms with van der Waals surface area (Å²) in [4.78, 5) is 37.7. The van der Waals surface area contributed by atoms with Gasteiger partial charge in [0.2, 0.25) is 0 Å². The molecule has 0 aromatic rings. The topological polar surface area (TPSA) is 115 Å². The molecule has 264 valence electrons. The van der Waals surface area contributed by atoms with Crippen molar-refractivity contribution in [2.24, 2.45) is 0 Å². The molecule has 0 aromatic heterocycles. The Hall–Kier alpha value is -1.89. The largest absolute Gasteiger partial charge is 0.544 e. The van der Waals surface area contributed by atoms with Gasteiger partial charge >= 0.3 is 11.9 Å². The third-order valence-electron chi connectivity index (χ3n) is 9.58. The summed E-state index contributed by atoms with van der Waals surface area (Å²) in [5.41, 5.74) is 0. The van der Waals surface area contributed by atoms with Crippen LogP contribution in [0.5, 0.6) is 0 Å². The van der Waals surface area contributed by atoms with Crippen LogP contribution in [-0.2, 0) is 14.4 Å². The first-order chi connectivity index (χ1) is 21.7. The summed E-state index contributed by atoms with van der Waals surface area (Å²) in [6, 6.07) is -3.32. The van der Waals surface area contributed by atoms with Gasteiger partial charge in [0.25, 0.3) is 0 Å². The lowest BCUT2D eigenvalue weighted by Crippen LogP contribution is -2.74. The third-order valence-corrected chi connectivity index (χ3v) is 9.58. The fraction of sp³-hybridized carbons (Fsp3) is 0.868. The summed E-state index contributed by atoms with van der Waals surface area (Å²) in [6.45, 7) is 8.08. The van der Waals surface area contributed by atoms with Crippen LogP contribution in [0.1, 0.15) is 188 Å². The molecule has 0 heterocycles. The second-order valence-corrected chi connectivity index (χ2v) is 13.3. The number of hydrogen-bond acceptors (Lipinski definition) is 4. The molecule has 3 unspecified atom stereocenters. The van der Waals surface area contributed by atoms with Crippen molar-refractivity contribution in [3.63, 3.8) is 0 Å². The average molecular weight is 638 g/mol. The molecule has 0 fully saturated rings. The zero-order valence-electron chi connectivity index (χ0n) is 29.7. The van der Waals surface area contributed by atoms with Gasteiger partial charge in [-0.25, -0.2) is 9.59 Å². The van der Waals surface area contributed by atoms with Gasteiger partial charge in [0.05, 0.1) is 12.5 Å².